The zero-order valence-corrected chi connectivity index (χ0v) is 11.7. The van der Waals surface area contributed by atoms with Gasteiger partial charge in [0.1, 0.15) is 0 Å². The van der Waals surface area contributed by atoms with Gasteiger partial charge in [-0.2, -0.15) is 17.0 Å². The summed E-state index contributed by atoms with van der Waals surface area (Å²) < 4.78 is 27.1. The van der Waals surface area contributed by atoms with Crippen molar-refractivity contribution in [2.24, 2.45) is 11.7 Å². The van der Waals surface area contributed by atoms with Crippen LogP contribution in [-0.2, 0) is 10.2 Å². The third-order valence-corrected chi connectivity index (χ3v) is 5.11. The lowest BCUT2D eigenvalue weighted by Crippen LogP contribution is -2.47. The second-order valence-corrected chi connectivity index (χ2v) is 6.35. The Morgan fingerprint density at radius 1 is 1.56 bits per heavy atom. The van der Waals surface area contributed by atoms with Gasteiger partial charge >= 0.3 is 0 Å². The van der Waals surface area contributed by atoms with Crippen LogP contribution in [0.3, 0.4) is 0 Å². The van der Waals surface area contributed by atoms with E-state index in [1.807, 2.05) is 6.92 Å². The minimum absolute atomic E-state index is 0. The fourth-order valence-corrected chi connectivity index (χ4v) is 3.35. The summed E-state index contributed by atoms with van der Waals surface area (Å²) in [6.07, 6.45) is 0.948. The Morgan fingerprint density at radius 3 is 2.50 bits per heavy atom. The summed E-state index contributed by atoms with van der Waals surface area (Å²) >= 11 is 0. The van der Waals surface area contributed by atoms with Gasteiger partial charge in [-0.05, 0) is 19.3 Å². The molecule has 1 heterocycles. The van der Waals surface area contributed by atoms with Gasteiger partial charge in [-0.1, -0.05) is 6.92 Å². The highest BCUT2D eigenvalue weighted by atomic mass is 35.5. The molecule has 2 atom stereocenters. The lowest BCUT2D eigenvalue weighted by molar-refractivity contribution is 0.346. The molecule has 7 heteroatoms. The normalized spacial score (nSPS) is 24.4. The predicted octanol–water partition coefficient (Wildman–Crippen LogP) is 0.274. The molecule has 1 aliphatic heterocycles. The van der Waals surface area contributed by atoms with Crippen molar-refractivity contribution in [3.63, 3.8) is 0 Å². The SMILES string of the molecule is CC1CCN(S(=O)(=O)N(C)C(C)CN)C1.Cl. The van der Waals surface area contributed by atoms with Crippen LogP contribution in [0.4, 0.5) is 0 Å². The molecule has 1 rings (SSSR count). The topological polar surface area (TPSA) is 66.6 Å². The summed E-state index contributed by atoms with van der Waals surface area (Å²) in [6, 6.07) is -0.147. The van der Waals surface area contributed by atoms with E-state index in [2.05, 4.69) is 6.92 Å². The molecule has 5 nitrogen and oxygen atoms in total. The molecule has 2 N–H and O–H groups in total. The van der Waals surface area contributed by atoms with E-state index in [0.29, 0.717) is 25.6 Å². The average molecular weight is 272 g/mol. The minimum Gasteiger partial charge on any atom is -0.329 e. The highest BCUT2D eigenvalue weighted by Gasteiger charge is 2.33. The molecule has 0 aliphatic carbocycles. The minimum atomic E-state index is -3.30. The van der Waals surface area contributed by atoms with Gasteiger partial charge in [0.15, 0.2) is 0 Å². The maximum absolute atomic E-state index is 12.1. The predicted molar refractivity (Wildman–Crippen MR) is 67.8 cm³/mol. The molecule has 0 aromatic carbocycles. The third-order valence-electron chi connectivity index (χ3n) is 3.04. The van der Waals surface area contributed by atoms with E-state index in [4.69, 9.17) is 5.73 Å². The fraction of sp³-hybridized carbons (Fsp3) is 1.00. The maximum Gasteiger partial charge on any atom is 0.282 e. The summed E-state index contributed by atoms with van der Waals surface area (Å²) in [5.74, 6) is 0.460. The van der Waals surface area contributed by atoms with E-state index < -0.39 is 10.2 Å². The average Bonchev–Trinajstić information content (AvgIpc) is 2.63. The zero-order valence-electron chi connectivity index (χ0n) is 10.1. The first-order chi connectivity index (χ1) is 6.89. The first-order valence-corrected chi connectivity index (χ1v) is 6.72. The summed E-state index contributed by atoms with van der Waals surface area (Å²) in [5.41, 5.74) is 5.47. The Kier molecular flexibility index (Phi) is 6.21. The molecular weight excluding hydrogens is 250 g/mol. The Balaban J connectivity index is 0.00000225. The number of hydrogen-bond acceptors (Lipinski definition) is 3. The highest BCUT2D eigenvalue weighted by Crippen LogP contribution is 2.21. The van der Waals surface area contributed by atoms with E-state index >= 15 is 0 Å². The van der Waals surface area contributed by atoms with Crippen molar-refractivity contribution in [1.82, 2.24) is 8.61 Å². The highest BCUT2D eigenvalue weighted by molar-refractivity contribution is 7.86. The van der Waals surface area contributed by atoms with E-state index in [9.17, 15) is 8.42 Å². The van der Waals surface area contributed by atoms with E-state index in [0.717, 1.165) is 6.42 Å². The van der Waals surface area contributed by atoms with Gasteiger partial charge in [0.25, 0.3) is 10.2 Å². The fourth-order valence-electron chi connectivity index (χ4n) is 1.66. The second-order valence-electron chi connectivity index (χ2n) is 4.36. The monoisotopic (exact) mass is 271 g/mol. The van der Waals surface area contributed by atoms with Crippen molar-refractivity contribution in [2.45, 2.75) is 26.3 Å². The van der Waals surface area contributed by atoms with Gasteiger partial charge in [0, 0.05) is 32.7 Å². The largest absolute Gasteiger partial charge is 0.329 e. The number of rotatable bonds is 4. The summed E-state index contributed by atoms with van der Waals surface area (Å²) in [7, 11) is -1.70. The van der Waals surface area contributed by atoms with E-state index in [-0.39, 0.29) is 18.4 Å². The van der Waals surface area contributed by atoms with Crippen LogP contribution < -0.4 is 5.73 Å². The molecular formula is C9H22ClN3O2S. The Labute approximate surface area is 105 Å². The van der Waals surface area contributed by atoms with Crippen LogP contribution in [0.5, 0.6) is 0 Å². The standard InChI is InChI=1S/C9H21N3O2S.ClH/c1-8-4-5-12(7-8)15(13,14)11(3)9(2)6-10;/h8-9H,4-7,10H2,1-3H3;1H. The van der Waals surface area contributed by atoms with Gasteiger partial charge in [0.2, 0.25) is 0 Å². The van der Waals surface area contributed by atoms with E-state index in [1.165, 1.54) is 4.31 Å². The summed E-state index contributed by atoms with van der Waals surface area (Å²) in [5, 5.41) is 0. The van der Waals surface area contributed by atoms with Gasteiger partial charge in [0.05, 0.1) is 0 Å². The molecule has 0 spiro atoms. The van der Waals surface area contributed by atoms with Crippen molar-refractivity contribution in [3.05, 3.63) is 0 Å². The first-order valence-electron chi connectivity index (χ1n) is 5.32. The molecule has 0 radical (unpaired) electrons. The van der Waals surface area contributed by atoms with Gasteiger partial charge in [-0.25, -0.2) is 0 Å². The van der Waals surface area contributed by atoms with Crippen LogP contribution in [-0.4, -0.2) is 49.8 Å². The Hall–Kier alpha value is 0.120. The first kappa shape index (κ1) is 16.1. The molecule has 0 bridgehead atoms. The van der Waals surface area contributed by atoms with Crippen molar-refractivity contribution in [1.29, 1.82) is 0 Å². The quantitative estimate of drug-likeness (QED) is 0.798. The molecule has 0 aromatic rings. The second kappa shape index (κ2) is 6.16. The summed E-state index contributed by atoms with van der Waals surface area (Å²) in [4.78, 5) is 0. The lowest BCUT2D eigenvalue weighted by Gasteiger charge is -2.28. The van der Waals surface area contributed by atoms with Crippen molar-refractivity contribution in [3.8, 4) is 0 Å². The van der Waals surface area contributed by atoms with Gasteiger partial charge in [-0.3, -0.25) is 0 Å². The number of nitrogens with two attached hydrogens (primary N) is 1. The van der Waals surface area contributed by atoms with Crippen LogP contribution in [0, 0.1) is 5.92 Å². The van der Waals surface area contributed by atoms with Crippen LogP contribution in [0.25, 0.3) is 0 Å². The van der Waals surface area contributed by atoms with Crippen molar-refractivity contribution in [2.75, 3.05) is 26.7 Å². The number of halogens is 1. The van der Waals surface area contributed by atoms with E-state index in [1.54, 1.807) is 11.4 Å². The lowest BCUT2D eigenvalue weighted by atomic mass is 10.2. The molecule has 2 unspecified atom stereocenters. The van der Waals surface area contributed by atoms with Gasteiger partial charge < -0.3 is 5.73 Å². The van der Waals surface area contributed by atoms with Crippen molar-refractivity contribution >= 4 is 22.6 Å². The Bertz CT molecular complexity index is 302. The number of hydrogen-bond donors (Lipinski definition) is 1. The van der Waals surface area contributed by atoms with Gasteiger partial charge in [-0.15, -0.1) is 12.4 Å². The number of nitrogens with zero attached hydrogens (tertiary/aromatic N) is 2. The van der Waals surface area contributed by atoms with Crippen LogP contribution in [0.1, 0.15) is 20.3 Å². The van der Waals surface area contributed by atoms with Crippen LogP contribution in [0.15, 0.2) is 0 Å². The third kappa shape index (κ3) is 3.30. The van der Waals surface area contributed by atoms with Crippen LogP contribution in [0.2, 0.25) is 0 Å². The maximum atomic E-state index is 12.1. The molecule has 0 amide bonds. The zero-order chi connectivity index (χ0) is 11.6. The molecule has 98 valence electrons. The molecule has 1 aliphatic rings. The smallest absolute Gasteiger partial charge is 0.282 e. The van der Waals surface area contributed by atoms with Crippen LogP contribution >= 0.6 is 12.4 Å². The molecule has 0 saturated carbocycles. The summed E-state index contributed by atoms with van der Waals surface area (Å²) in [6.45, 7) is 5.49. The Morgan fingerprint density at radius 2 is 2.12 bits per heavy atom. The molecule has 16 heavy (non-hydrogen) atoms. The molecule has 1 saturated heterocycles. The molecule has 0 aromatic heterocycles. The van der Waals surface area contributed by atoms with Crippen molar-refractivity contribution < 1.29 is 8.42 Å². The number of likely N-dealkylation sites (N-methyl/N-ethyl adjacent to an activating group) is 1. The molecule has 1 fully saturated rings.